The van der Waals surface area contributed by atoms with Crippen LogP contribution in [0.4, 0.5) is 11.4 Å². The molecule has 2 heterocycles. The van der Waals surface area contributed by atoms with E-state index >= 15 is 0 Å². The minimum absolute atomic E-state index is 0.141. The van der Waals surface area contributed by atoms with Crippen LogP contribution in [0.2, 0.25) is 0 Å². The highest BCUT2D eigenvalue weighted by atomic mass is 32.2. The third-order valence-electron chi connectivity index (χ3n) is 3.95. The third-order valence-corrected chi connectivity index (χ3v) is 4.92. The van der Waals surface area contributed by atoms with Crippen LogP contribution in [-0.2, 0) is 16.1 Å². The van der Waals surface area contributed by atoms with Crippen LogP contribution in [0.15, 0.2) is 46.2 Å². The van der Waals surface area contributed by atoms with Gasteiger partial charge < -0.3 is 19.6 Å². The molecule has 1 aromatic carbocycles. The van der Waals surface area contributed by atoms with Crippen LogP contribution in [-0.4, -0.2) is 32.3 Å². The van der Waals surface area contributed by atoms with Crippen molar-refractivity contribution in [2.45, 2.75) is 32.5 Å². The quantitative estimate of drug-likeness (QED) is 0.589. The molecule has 2 aromatic heterocycles. The molecule has 9 heteroatoms. The zero-order chi connectivity index (χ0) is 20.1. The van der Waals surface area contributed by atoms with E-state index in [1.165, 1.54) is 18.7 Å². The van der Waals surface area contributed by atoms with Crippen LogP contribution < -0.4 is 10.6 Å². The number of benzene rings is 1. The van der Waals surface area contributed by atoms with Crippen LogP contribution in [0, 0.1) is 6.92 Å². The number of hydrogen-bond donors (Lipinski definition) is 2. The first-order chi connectivity index (χ1) is 13.5. The van der Waals surface area contributed by atoms with Gasteiger partial charge in [-0.05, 0) is 44.2 Å². The highest BCUT2D eigenvalue weighted by molar-refractivity contribution is 7.99. The molecule has 3 aromatic rings. The fraction of sp³-hybridized carbons (Fsp3) is 0.263. The van der Waals surface area contributed by atoms with Gasteiger partial charge in [0, 0.05) is 24.8 Å². The molecule has 146 valence electrons. The first kappa shape index (κ1) is 19.7. The molecule has 0 aliphatic rings. The van der Waals surface area contributed by atoms with E-state index in [4.69, 9.17) is 4.42 Å². The van der Waals surface area contributed by atoms with Gasteiger partial charge in [-0.2, -0.15) is 0 Å². The second kappa shape index (κ2) is 8.75. The minimum Gasteiger partial charge on any atom is -0.469 e. The Kier molecular flexibility index (Phi) is 6.15. The number of nitrogens with zero attached hydrogens (tertiary/aromatic N) is 3. The summed E-state index contributed by atoms with van der Waals surface area (Å²) in [4.78, 5) is 23.3. The molecular weight excluding hydrogens is 378 g/mol. The summed E-state index contributed by atoms with van der Waals surface area (Å²) in [5.74, 6) is 1.42. The molecule has 0 fully saturated rings. The zero-order valence-electron chi connectivity index (χ0n) is 15.9. The molecule has 0 radical (unpaired) electrons. The van der Waals surface area contributed by atoms with Gasteiger partial charge >= 0.3 is 0 Å². The second-order valence-corrected chi connectivity index (χ2v) is 6.98. The van der Waals surface area contributed by atoms with Crippen molar-refractivity contribution in [1.29, 1.82) is 0 Å². The van der Waals surface area contributed by atoms with E-state index in [9.17, 15) is 9.59 Å². The smallest absolute Gasteiger partial charge is 0.234 e. The molecule has 0 bridgehead atoms. The Morgan fingerprint density at radius 2 is 1.79 bits per heavy atom. The van der Waals surface area contributed by atoms with Crippen LogP contribution in [0.1, 0.15) is 19.6 Å². The number of aromatic nitrogens is 3. The third kappa shape index (κ3) is 4.61. The van der Waals surface area contributed by atoms with Gasteiger partial charge in [-0.25, -0.2) is 0 Å². The van der Waals surface area contributed by atoms with Crippen molar-refractivity contribution >= 4 is 35.0 Å². The lowest BCUT2D eigenvalue weighted by atomic mass is 10.2. The van der Waals surface area contributed by atoms with E-state index in [2.05, 4.69) is 20.8 Å². The maximum Gasteiger partial charge on any atom is 0.234 e. The zero-order valence-corrected chi connectivity index (χ0v) is 16.7. The predicted octanol–water partition coefficient (Wildman–Crippen LogP) is 3.56. The van der Waals surface area contributed by atoms with Crippen LogP contribution in [0.3, 0.4) is 0 Å². The van der Waals surface area contributed by atoms with Gasteiger partial charge in [-0.1, -0.05) is 11.8 Å². The normalized spacial score (nSPS) is 10.7. The van der Waals surface area contributed by atoms with E-state index in [1.807, 2.05) is 24.5 Å². The maximum absolute atomic E-state index is 12.3. The highest BCUT2D eigenvalue weighted by Gasteiger charge is 2.17. The van der Waals surface area contributed by atoms with Crippen LogP contribution in [0.25, 0.3) is 11.4 Å². The number of furan rings is 1. The van der Waals surface area contributed by atoms with Crippen molar-refractivity contribution in [1.82, 2.24) is 14.8 Å². The second-order valence-electron chi connectivity index (χ2n) is 6.04. The van der Waals surface area contributed by atoms with Crippen molar-refractivity contribution in [2.24, 2.45) is 0 Å². The largest absolute Gasteiger partial charge is 0.469 e. The SMILES string of the molecule is CCn1c(SCC(=O)Nc2ccc(NC(C)=O)cc2)nnc1-c1ccoc1C. The van der Waals surface area contributed by atoms with Crippen molar-refractivity contribution < 1.29 is 14.0 Å². The molecule has 3 rings (SSSR count). The summed E-state index contributed by atoms with van der Waals surface area (Å²) < 4.78 is 7.30. The van der Waals surface area contributed by atoms with E-state index in [1.54, 1.807) is 30.5 Å². The monoisotopic (exact) mass is 399 g/mol. The molecule has 0 atom stereocenters. The predicted molar refractivity (Wildman–Crippen MR) is 108 cm³/mol. The van der Waals surface area contributed by atoms with E-state index in [0.717, 1.165) is 17.1 Å². The summed E-state index contributed by atoms with van der Waals surface area (Å²) in [6.07, 6.45) is 1.62. The molecule has 2 amide bonds. The molecule has 8 nitrogen and oxygen atoms in total. The average molecular weight is 399 g/mol. The Morgan fingerprint density at radius 3 is 2.36 bits per heavy atom. The lowest BCUT2D eigenvalue weighted by Gasteiger charge is -2.08. The van der Waals surface area contributed by atoms with Gasteiger partial charge in [0.2, 0.25) is 11.8 Å². The molecule has 2 N–H and O–H groups in total. The summed E-state index contributed by atoms with van der Waals surface area (Å²) in [6.45, 7) is 6.01. The maximum atomic E-state index is 12.3. The number of carbonyl (C=O) groups excluding carboxylic acids is 2. The Bertz CT molecular complexity index is 978. The van der Waals surface area contributed by atoms with Gasteiger partial charge in [0.1, 0.15) is 5.76 Å². The highest BCUT2D eigenvalue weighted by Crippen LogP contribution is 2.27. The lowest BCUT2D eigenvalue weighted by Crippen LogP contribution is -2.14. The first-order valence-electron chi connectivity index (χ1n) is 8.76. The Hall–Kier alpha value is -3.07. The van der Waals surface area contributed by atoms with Crippen molar-refractivity contribution in [3.05, 3.63) is 42.4 Å². The summed E-state index contributed by atoms with van der Waals surface area (Å²) >= 11 is 1.32. The summed E-state index contributed by atoms with van der Waals surface area (Å²) in [5, 5.41) is 14.7. The minimum atomic E-state index is -0.149. The van der Waals surface area contributed by atoms with Gasteiger partial charge in [0.05, 0.1) is 17.6 Å². The number of aryl methyl sites for hydroxylation is 1. The average Bonchev–Trinajstić information content (AvgIpc) is 3.26. The molecule has 0 aliphatic heterocycles. The molecule has 0 saturated heterocycles. The fourth-order valence-electron chi connectivity index (χ4n) is 2.66. The summed E-state index contributed by atoms with van der Waals surface area (Å²) in [6, 6.07) is 8.80. The van der Waals surface area contributed by atoms with E-state index in [0.29, 0.717) is 23.1 Å². The Morgan fingerprint density at radius 1 is 1.11 bits per heavy atom. The van der Waals surface area contributed by atoms with Crippen LogP contribution >= 0.6 is 11.8 Å². The standard InChI is InChI=1S/C19H21N5O3S/c1-4-24-18(16-9-10-27-12(16)2)22-23-19(24)28-11-17(26)21-15-7-5-14(6-8-15)20-13(3)25/h5-10H,4,11H2,1-3H3,(H,20,25)(H,21,26). The van der Waals surface area contributed by atoms with Crippen molar-refractivity contribution in [2.75, 3.05) is 16.4 Å². The number of thioether (sulfide) groups is 1. The van der Waals surface area contributed by atoms with Crippen molar-refractivity contribution in [3.63, 3.8) is 0 Å². The fourth-order valence-corrected chi connectivity index (χ4v) is 3.47. The van der Waals surface area contributed by atoms with Gasteiger partial charge in [-0.3, -0.25) is 9.59 Å². The van der Waals surface area contributed by atoms with E-state index < -0.39 is 0 Å². The molecule has 0 spiro atoms. The van der Waals surface area contributed by atoms with Crippen molar-refractivity contribution in [3.8, 4) is 11.4 Å². The number of nitrogens with one attached hydrogen (secondary N) is 2. The number of hydrogen-bond acceptors (Lipinski definition) is 6. The summed E-state index contributed by atoms with van der Waals surface area (Å²) in [5.41, 5.74) is 2.23. The van der Waals surface area contributed by atoms with Gasteiger partial charge in [0.25, 0.3) is 0 Å². The van der Waals surface area contributed by atoms with Gasteiger partial charge in [-0.15, -0.1) is 10.2 Å². The van der Waals surface area contributed by atoms with E-state index in [-0.39, 0.29) is 17.6 Å². The molecule has 0 saturated carbocycles. The molecular formula is C19H21N5O3S. The molecule has 0 aliphatic carbocycles. The number of rotatable bonds is 7. The Labute approximate surface area is 166 Å². The van der Waals surface area contributed by atoms with Crippen LogP contribution in [0.5, 0.6) is 0 Å². The lowest BCUT2D eigenvalue weighted by molar-refractivity contribution is -0.114. The van der Waals surface area contributed by atoms with Gasteiger partial charge in [0.15, 0.2) is 11.0 Å². The topological polar surface area (TPSA) is 102 Å². The first-order valence-corrected chi connectivity index (χ1v) is 9.74. The Balaban J connectivity index is 1.61. The summed E-state index contributed by atoms with van der Waals surface area (Å²) in [7, 11) is 0. The number of carbonyl (C=O) groups is 2. The number of amides is 2. The molecule has 28 heavy (non-hydrogen) atoms. The number of anilines is 2. The molecule has 0 unspecified atom stereocenters.